The Balaban J connectivity index is 1.46. The van der Waals surface area contributed by atoms with Crippen molar-refractivity contribution in [1.29, 1.82) is 0 Å². The van der Waals surface area contributed by atoms with Crippen LogP contribution in [0, 0.1) is 23.7 Å². The lowest BCUT2D eigenvalue weighted by Crippen LogP contribution is -2.38. The van der Waals surface area contributed by atoms with Gasteiger partial charge < -0.3 is 14.5 Å². The molecular weight excluding hydrogens is 366 g/mol. The number of ether oxygens (including phenoxy) is 1. The van der Waals surface area contributed by atoms with Crippen LogP contribution in [0.4, 0.5) is 0 Å². The number of carbonyl (C=O) groups is 1. The molecule has 0 bridgehead atoms. The molecule has 1 amide bonds. The highest BCUT2D eigenvalue weighted by atomic mass is 16.5. The van der Waals surface area contributed by atoms with E-state index in [4.69, 9.17) is 4.74 Å². The lowest BCUT2D eigenvalue weighted by molar-refractivity contribution is -0.131. The first-order valence-corrected chi connectivity index (χ1v) is 11.3. The molecule has 2 aliphatic carbocycles. The van der Waals surface area contributed by atoms with Crippen molar-refractivity contribution in [2.45, 2.75) is 58.1 Å². The molecule has 1 aliphatic heterocycles. The summed E-state index contributed by atoms with van der Waals surface area (Å²) in [4.78, 5) is 16.6. The van der Waals surface area contributed by atoms with E-state index in [1.165, 1.54) is 12.8 Å². The van der Waals surface area contributed by atoms with Crippen molar-refractivity contribution >= 4 is 5.91 Å². The average Bonchev–Trinajstić information content (AvgIpc) is 3.20. The first-order chi connectivity index (χ1) is 13.9. The van der Waals surface area contributed by atoms with Gasteiger partial charge in [0, 0.05) is 25.9 Å². The maximum absolute atomic E-state index is 12.6. The molecule has 0 spiro atoms. The van der Waals surface area contributed by atoms with E-state index in [1.54, 1.807) is 0 Å². The van der Waals surface area contributed by atoms with Crippen LogP contribution >= 0.6 is 0 Å². The Morgan fingerprint density at radius 3 is 2.62 bits per heavy atom. The predicted octanol–water partition coefficient (Wildman–Crippen LogP) is 2.24. The zero-order chi connectivity index (χ0) is 20.5. The van der Waals surface area contributed by atoms with E-state index >= 15 is 0 Å². The standard InChI is InChI=1S/C22H37N5O2/c1-15(2)7-19-12-27(24-23-19)20-8-17-10-26(22(28)13-25(3)4)11-18(17)9-21(20)29-14-16-5-6-16/h12,15-18,20-21H,5-11,13-14H2,1-4H3/t17-,18+,20-,21-/m1/s1. The van der Waals surface area contributed by atoms with Gasteiger partial charge in [-0.15, -0.1) is 5.10 Å². The predicted molar refractivity (Wildman–Crippen MR) is 111 cm³/mol. The van der Waals surface area contributed by atoms with Gasteiger partial charge in [0.05, 0.1) is 24.4 Å². The number of rotatable bonds is 8. The van der Waals surface area contributed by atoms with Crippen LogP contribution in [0.25, 0.3) is 0 Å². The molecule has 3 fully saturated rings. The number of likely N-dealkylation sites (tertiary alicyclic amines) is 1. The van der Waals surface area contributed by atoms with Crippen molar-refractivity contribution < 1.29 is 9.53 Å². The number of aromatic nitrogens is 3. The quantitative estimate of drug-likeness (QED) is 0.666. The van der Waals surface area contributed by atoms with Crippen molar-refractivity contribution in [2.24, 2.45) is 23.7 Å². The highest BCUT2D eigenvalue weighted by Crippen LogP contribution is 2.43. The van der Waals surface area contributed by atoms with E-state index in [0.717, 1.165) is 50.6 Å². The molecular formula is C22H37N5O2. The molecule has 162 valence electrons. The van der Waals surface area contributed by atoms with E-state index in [-0.39, 0.29) is 18.1 Å². The van der Waals surface area contributed by atoms with E-state index in [0.29, 0.717) is 24.3 Å². The lowest BCUT2D eigenvalue weighted by atomic mass is 9.77. The molecule has 0 radical (unpaired) electrons. The van der Waals surface area contributed by atoms with Crippen LogP contribution in [0.15, 0.2) is 6.20 Å². The molecule has 0 aromatic carbocycles. The van der Waals surface area contributed by atoms with Crippen LogP contribution in [-0.2, 0) is 16.0 Å². The van der Waals surface area contributed by atoms with E-state index in [1.807, 2.05) is 19.0 Å². The summed E-state index contributed by atoms with van der Waals surface area (Å²) in [5, 5.41) is 8.92. The molecule has 7 heteroatoms. The zero-order valence-corrected chi connectivity index (χ0v) is 18.5. The first kappa shape index (κ1) is 20.8. The van der Waals surface area contributed by atoms with Gasteiger partial charge >= 0.3 is 0 Å². The van der Waals surface area contributed by atoms with Crippen molar-refractivity contribution in [3.05, 3.63) is 11.9 Å². The Hall–Kier alpha value is -1.47. The van der Waals surface area contributed by atoms with Crippen LogP contribution < -0.4 is 0 Å². The molecule has 4 atom stereocenters. The number of amides is 1. The summed E-state index contributed by atoms with van der Waals surface area (Å²) in [6.45, 7) is 7.54. The van der Waals surface area contributed by atoms with Crippen LogP contribution in [0.3, 0.4) is 0 Å². The Morgan fingerprint density at radius 1 is 1.24 bits per heavy atom. The van der Waals surface area contributed by atoms with E-state index in [9.17, 15) is 4.79 Å². The molecule has 1 aromatic heterocycles. The van der Waals surface area contributed by atoms with Crippen molar-refractivity contribution in [1.82, 2.24) is 24.8 Å². The molecule has 4 rings (SSSR count). The van der Waals surface area contributed by atoms with Crippen molar-refractivity contribution in [3.63, 3.8) is 0 Å². The maximum Gasteiger partial charge on any atom is 0.236 e. The fourth-order valence-electron chi connectivity index (χ4n) is 4.95. The Labute approximate surface area is 174 Å². The first-order valence-electron chi connectivity index (χ1n) is 11.3. The minimum atomic E-state index is 0.175. The average molecular weight is 404 g/mol. The topological polar surface area (TPSA) is 63.5 Å². The number of likely N-dealkylation sites (N-methyl/N-ethyl adjacent to an activating group) is 1. The fourth-order valence-corrected chi connectivity index (χ4v) is 4.95. The smallest absolute Gasteiger partial charge is 0.236 e. The number of carbonyl (C=O) groups excluding carboxylic acids is 1. The zero-order valence-electron chi connectivity index (χ0n) is 18.5. The van der Waals surface area contributed by atoms with Crippen molar-refractivity contribution in [2.75, 3.05) is 40.3 Å². The summed E-state index contributed by atoms with van der Waals surface area (Å²) in [5.74, 6) is 2.65. The molecule has 2 heterocycles. The molecule has 0 unspecified atom stereocenters. The molecule has 1 aromatic rings. The number of fused-ring (bicyclic) bond motifs is 1. The highest BCUT2D eigenvalue weighted by molar-refractivity contribution is 5.78. The largest absolute Gasteiger partial charge is 0.376 e. The van der Waals surface area contributed by atoms with Gasteiger partial charge in [-0.3, -0.25) is 4.79 Å². The molecule has 1 saturated heterocycles. The van der Waals surface area contributed by atoms with Crippen LogP contribution in [0.2, 0.25) is 0 Å². The maximum atomic E-state index is 12.6. The summed E-state index contributed by atoms with van der Waals surface area (Å²) >= 11 is 0. The third kappa shape index (κ3) is 5.18. The number of hydrogen-bond donors (Lipinski definition) is 0. The molecule has 29 heavy (non-hydrogen) atoms. The normalized spacial score (nSPS) is 29.7. The molecule has 2 saturated carbocycles. The second-order valence-corrected chi connectivity index (χ2v) is 10.2. The minimum absolute atomic E-state index is 0.175. The summed E-state index contributed by atoms with van der Waals surface area (Å²) in [5.41, 5.74) is 1.07. The summed E-state index contributed by atoms with van der Waals surface area (Å²) in [6.07, 6.45) is 7.91. The fraction of sp³-hybridized carbons (Fsp3) is 0.864. The van der Waals surface area contributed by atoms with E-state index < -0.39 is 0 Å². The van der Waals surface area contributed by atoms with Gasteiger partial charge in [0.15, 0.2) is 0 Å². The Kier molecular flexibility index (Phi) is 6.25. The van der Waals surface area contributed by atoms with Gasteiger partial charge in [-0.1, -0.05) is 19.1 Å². The number of hydrogen-bond acceptors (Lipinski definition) is 5. The van der Waals surface area contributed by atoms with Crippen LogP contribution in [0.5, 0.6) is 0 Å². The van der Waals surface area contributed by atoms with Gasteiger partial charge in [-0.25, -0.2) is 4.68 Å². The second-order valence-electron chi connectivity index (χ2n) is 10.2. The third-order valence-electron chi connectivity index (χ3n) is 6.65. The van der Waals surface area contributed by atoms with E-state index in [2.05, 4.69) is 39.9 Å². The Bertz CT molecular complexity index is 699. The molecule has 7 nitrogen and oxygen atoms in total. The lowest BCUT2D eigenvalue weighted by Gasteiger charge is -2.37. The molecule has 3 aliphatic rings. The Morgan fingerprint density at radius 2 is 1.97 bits per heavy atom. The minimum Gasteiger partial charge on any atom is -0.376 e. The summed E-state index contributed by atoms with van der Waals surface area (Å²) < 4.78 is 8.50. The second kappa shape index (κ2) is 8.72. The summed E-state index contributed by atoms with van der Waals surface area (Å²) in [6, 6.07) is 0.229. The van der Waals surface area contributed by atoms with Gasteiger partial charge in [0.1, 0.15) is 0 Å². The monoisotopic (exact) mass is 403 g/mol. The van der Waals surface area contributed by atoms with Gasteiger partial charge in [-0.05, 0) is 69.9 Å². The highest BCUT2D eigenvalue weighted by Gasteiger charge is 2.45. The van der Waals surface area contributed by atoms with Gasteiger partial charge in [0.2, 0.25) is 5.91 Å². The summed E-state index contributed by atoms with van der Waals surface area (Å²) in [7, 11) is 3.91. The van der Waals surface area contributed by atoms with Crippen LogP contribution in [-0.4, -0.2) is 77.1 Å². The van der Waals surface area contributed by atoms with Crippen LogP contribution in [0.1, 0.15) is 51.3 Å². The van der Waals surface area contributed by atoms with Gasteiger partial charge in [-0.2, -0.15) is 0 Å². The SMILES string of the molecule is CC(C)Cc1cn([C@@H]2C[C@@H]3CN(C(=O)CN(C)C)C[C@@H]3C[C@H]2OCC2CC2)nn1. The number of nitrogens with zero attached hydrogens (tertiary/aromatic N) is 5. The van der Waals surface area contributed by atoms with Gasteiger partial charge in [0.25, 0.3) is 0 Å². The van der Waals surface area contributed by atoms with Crippen molar-refractivity contribution in [3.8, 4) is 0 Å². The third-order valence-corrected chi connectivity index (χ3v) is 6.65. The molecule has 0 N–H and O–H groups in total.